The van der Waals surface area contributed by atoms with Gasteiger partial charge >= 0.3 is 354 Å². The van der Waals surface area contributed by atoms with E-state index in [1.165, 1.54) is 0 Å². The molecule has 0 saturated heterocycles. The minimum atomic E-state index is -6.17. The first-order valence-electron chi connectivity index (χ1n) is 9.61. The molecule has 0 unspecified atom stereocenters. The van der Waals surface area contributed by atoms with Gasteiger partial charge in [-0.05, 0) is 0 Å². The molecule has 0 radical (unpaired) electrons. The molecule has 0 saturated carbocycles. The fourth-order valence-corrected chi connectivity index (χ4v) is 4.37. The van der Waals surface area contributed by atoms with Crippen LogP contribution in [0.25, 0.3) is 0 Å². The van der Waals surface area contributed by atoms with Gasteiger partial charge in [0.2, 0.25) is 0 Å². The molecule has 0 aromatic carbocycles. The molecule has 0 bridgehead atoms. The Morgan fingerprint density at radius 1 is 0.127 bits per heavy atom. The summed E-state index contributed by atoms with van der Waals surface area (Å²) in [6.07, 6.45) is 0. The molecule has 260 valence electrons. The van der Waals surface area contributed by atoms with Gasteiger partial charge in [0.15, 0.2) is 0 Å². The van der Waals surface area contributed by atoms with Crippen LogP contribution in [0.1, 0.15) is 0 Å². The van der Waals surface area contributed by atoms with E-state index in [0.717, 1.165) is 119 Å². The summed E-state index contributed by atoms with van der Waals surface area (Å²) >= 11 is 0. The van der Waals surface area contributed by atoms with E-state index in [-0.39, 0.29) is 65.2 Å². The summed E-state index contributed by atoms with van der Waals surface area (Å²) in [6, 6.07) is 0. The molecule has 0 spiro atoms. The van der Waals surface area contributed by atoms with Crippen molar-refractivity contribution in [1.29, 1.82) is 126 Å². The first-order chi connectivity index (χ1) is 23.9. The van der Waals surface area contributed by atoms with Gasteiger partial charge in [-0.2, -0.15) is 0 Å². The Morgan fingerprint density at radius 2 is 0.164 bits per heavy atom. The predicted molar refractivity (Wildman–Crippen MR) is 135 cm³/mol. The van der Waals surface area contributed by atoms with Crippen LogP contribution >= 0.6 is 0 Å². The predicted octanol–water partition coefficient (Wildman–Crippen LogP) is 0.385. The minimum absolute atomic E-state index is 0. The average molecular weight is 991 g/mol. The summed E-state index contributed by atoms with van der Waals surface area (Å²) in [5, 5.41) is 206. The number of hydrogen-bond acceptors (Lipinski definition) is 24. The Bertz CT molecular complexity index is 1970. The van der Waals surface area contributed by atoms with Crippen molar-refractivity contribution in [2.45, 2.75) is 0 Å². The van der Waals surface area contributed by atoms with Crippen LogP contribution in [0, 0.1) is 246 Å². The van der Waals surface area contributed by atoms with Crippen molar-refractivity contribution in [3.63, 3.8) is 0 Å². The fourth-order valence-electron chi connectivity index (χ4n) is 1.06. The Hall–Kier alpha value is -8.02. The summed E-state index contributed by atoms with van der Waals surface area (Å²) in [7, 11) is -24.7. The molecule has 0 heterocycles. The maximum Gasteiger partial charge on any atom is 4.00 e. The second kappa shape index (κ2) is 16.1. The molecule has 0 aliphatic carbocycles. The molecule has 31 heteroatoms. The van der Waals surface area contributed by atoms with Crippen molar-refractivity contribution in [3.8, 4) is 119 Å². The largest absolute Gasteiger partial charge is 4.00 e. The van der Waals surface area contributed by atoms with Gasteiger partial charge in [-0.3, -0.25) is 0 Å². The molecule has 0 N–H and O–H groups in total. The zero-order valence-corrected chi connectivity index (χ0v) is 34.7. The Kier molecular flexibility index (Phi) is 18.2. The van der Waals surface area contributed by atoms with Crippen LogP contribution in [-0.2, 0) is 108 Å². The van der Waals surface area contributed by atoms with Crippen LogP contribution in [0.2, 0.25) is 0 Å². The van der Waals surface area contributed by atoms with Gasteiger partial charge in [0, 0.05) is 0 Å². The van der Waals surface area contributed by atoms with E-state index in [1.807, 2.05) is 0 Å². The van der Waals surface area contributed by atoms with Crippen LogP contribution in [0.4, 0.5) is 0 Å². The number of rotatable bonds is 0. The first-order valence-corrected chi connectivity index (χ1v) is 22.9. The summed E-state index contributed by atoms with van der Waals surface area (Å²) in [5.74, 6) is 0. The zero-order valence-electron chi connectivity index (χ0n) is 25.6. The molecule has 0 aromatic heterocycles. The zero-order chi connectivity index (χ0) is 42.6. The third-order valence-corrected chi connectivity index (χ3v) is 19.6. The third kappa shape index (κ3) is 7.09. The summed E-state index contributed by atoms with van der Waals surface area (Å²) in [5.41, 5.74) is 0. The van der Waals surface area contributed by atoms with Gasteiger partial charge in [-0.25, -0.2) is 0 Å². The Morgan fingerprint density at radius 3 is 0.164 bits per heavy atom. The quantitative estimate of drug-likeness (QED) is 0.296. The van der Waals surface area contributed by atoms with Crippen LogP contribution in [0.3, 0.4) is 0 Å². The smallest absolute Gasteiger partial charge is 4.00 e. The van der Waals surface area contributed by atoms with Gasteiger partial charge < -0.3 is 0 Å². The monoisotopic (exact) mass is 992 g/mol. The van der Waals surface area contributed by atoms with Gasteiger partial charge in [0.05, 0.1) is 0 Å². The van der Waals surface area contributed by atoms with Gasteiger partial charge in [0.25, 0.3) is 0 Å². The minimum Gasteiger partial charge on any atom is 4.00 e. The summed E-state index contributed by atoms with van der Waals surface area (Å²) in [6.45, 7) is 0. The molecule has 0 rings (SSSR count). The molecule has 0 aliphatic rings. The molecule has 0 amide bonds. The number of nitriles is 24. The Balaban J connectivity index is -0.000000110. The normalized spacial score (nSPS) is 12.7. The van der Waals surface area contributed by atoms with E-state index in [2.05, 4.69) is 0 Å². The standard InChI is InChI=1S/24CN.4Fe.3Ti/c24*1-2;;;;;;;/q;;;;;;;;;;;;;;;;;;;;;;;;4*-3;3*+4. The van der Waals surface area contributed by atoms with Gasteiger partial charge in [0.1, 0.15) is 0 Å². The molecule has 0 aromatic rings. The first kappa shape index (κ1) is 62.1. The van der Waals surface area contributed by atoms with Crippen molar-refractivity contribution in [1.82, 2.24) is 0 Å². The fraction of sp³-hybridized carbons (Fsp3) is 0. The van der Waals surface area contributed by atoms with Crippen molar-refractivity contribution in [2.75, 3.05) is 0 Å². The van der Waals surface area contributed by atoms with E-state index in [9.17, 15) is 0 Å². The number of nitrogens with zero attached hydrogens (tertiary/aromatic N) is 24. The molecular formula is C24Fe4N24Ti3. The number of hydrogen-bond donors (Lipinski definition) is 0. The molecule has 0 aliphatic heterocycles. The summed E-state index contributed by atoms with van der Waals surface area (Å²) < 4.78 is 0. The molecule has 0 fully saturated rings. The molecular weight excluding hydrogens is 991 g/mol. The van der Waals surface area contributed by atoms with Crippen molar-refractivity contribution < 1.29 is 108 Å². The second-order valence-corrected chi connectivity index (χ2v) is 29.7. The van der Waals surface area contributed by atoms with Crippen molar-refractivity contribution >= 4 is 0 Å². The molecule has 55 heavy (non-hydrogen) atoms. The Labute approximate surface area is 349 Å². The third-order valence-electron chi connectivity index (χ3n) is 4.74. The van der Waals surface area contributed by atoms with Crippen molar-refractivity contribution in [2.24, 2.45) is 0 Å². The van der Waals surface area contributed by atoms with E-state index in [0.29, 0.717) is 0 Å². The van der Waals surface area contributed by atoms with E-state index in [4.69, 9.17) is 126 Å². The van der Waals surface area contributed by atoms with Crippen LogP contribution in [-0.4, -0.2) is 0 Å². The maximum absolute atomic E-state index is 8.58. The van der Waals surface area contributed by atoms with Gasteiger partial charge in [-0.1, -0.05) is 0 Å². The molecule has 24 nitrogen and oxygen atoms in total. The second-order valence-electron chi connectivity index (χ2n) is 7.20. The van der Waals surface area contributed by atoms with Crippen LogP contribution < -0.4 is 0 Å². The summed E-state index contributed by atoms with van der Waals surface area (Å²) in [4.78, 5) is 24.8. The SMILES string of the molecule is N#[C][Fe-3]([C]#N)([C]#N)([C]#N)([C]#N)[C]#N.N#[C][Fe-3]([C]#N)([C]#N)([C]#N)([C]#N)[C]#N.N#[C][Fe-3]([C]#N)([C]#N)([C]#N)([C]#N)[C]#N.N#[C][Fe-3]([C]#N)([C]#N)([C]#N)([C]#N)[C]#N.[Ti+4].[Ti+4].[Ti+4]. The molecule has 0 atom stereocenters. The van der Waals surface area contributed by atoms with E-state index >= 15 is 0 Å². The maximum atomic E-state index is 8.58. The topological polar surface area (TPSA) is 571 Å². The van der Waals surface area contributed by atoms with Crippen LogP contribution in [0.15, 0.2) is 0 Å². The van der Waals surface area contributed by atoms with Crippen LogP contribution in [0.5, 0.6) is 0 Å². The van der Waals surface area contributed by atoms with E-state index < -0.39 is 42.9 Å². The average Bonchev–Trinajstić information content (AvgIpc) is 3.27. The van der Waals surface area contributed by atoms with E-state index in [1.54, 1.807) is 0 Å². The van der Waals surface area contributed by atoms with Crippen molar-refractivity contribution in [3.05, 3.63) is 0 Å². The van der Waals surface area contributed by atoms with Gasteiger partial charge in [-0.15, -0.1) is 0 Å².